The molecule has 150 valence electrons. The highest BCUT2D eigenvalue weighted by Crippen LogP contribution is 2.43. The van der Waals surface area contributed by atoms with Crippen LogP contribution in [-0.2, 0) is 15.8 Å². The minimum absolute atomic E-state index is 0.0159. The summed E-state index contributed by atoms with van der Waals surface area (Å²) in [7, 11) is 0. The van der Waals surface area contributed by atoms with Gasteiger partial charge in [0.1, 0.15) is 0 Å². The maximum atomic E-state index is 13.1. The Morgan fingerprint density at radius 1 is 1.00 bits per heavy atom. The van der Waals surface area contributed by atoms with Crippen molar-refractivity contribution in [2.24, 2.45) is 0 Å². The number of benzene rings is 2. The average Bonchev–Trinajstić information content (AvgIpc) is 2.67. The molecule has 0 N–H and O–H groups in total. The molecule has 2 aliphatic rings. The maximum Gasteiger partial charge on any atom is 0.416 e. The van der Waals surface area contributed by atoms with Crippen molar-refractivity contribution in [2.45, 2.75) is 44.7 Å². The van der Waals surface area contributed by atoms with Crippen LogP contribution in [0.15, 0.2) is 59.8 Å². The Hall–Kier alpha value is -2.89. The van der Waals surface area contributed by atoms with E-state index in [0.717, 1.165) is 23.3 Å². The predicted octanol–water partition coefficient (Wildman–Crippen LogP) is 5.54. The summed E-state index contributed by atoms with van der Waals surface area (Å²) in [6.07, 6.45) is -2.71. The number of Topliss-reactive ketones (excluding diaryl/α,β-unsaturated/α-hetero) is 1. The average molecular weight is 399 g/mol. The Morgan fingerprint density at radius 2 is 1.72 bits per heavy atom. The number of alkyl halides is 3. The summed E-state index contributed by atoms with van der Waals surface area (Å²) >= 11 is 0. The molecule has 1 aliphatic carbocycles. The van der Waals surface area contributed by atoms with Gasteiger partial charge < -0.3 is 0 Å². The molecule has 0 fully saturated rings. The van der Waals surface area contributed by atoms with Gasteiger partial charge in [0.15, 0.2) is 5.78 Å². The van der Waals surface area contributed by atoms with Gasteiger partial charge in [-0.25, -0.2) is 0 Å². The fraction of sp³-hybridized carbons (Fsp3) is 0.304. The third-order valence-electron chi connectivity index (χ3n) is 5.57. The first-order valence-electron chi connectivity index (χ1n) is 9.59. The number of nitrogens with zero attached hydrogens (tertiary/aromatic N) is 1. The van der Waals surface area contributed by atoms with Crippen molar-refractivity contribution in [1.82, 2.24) is 0 Å². The molecular formula is C23H20F3NO2. The van der Waals surface area contributed by atoms with Gasteiger partial charge in [-0.15, -0.1) is 0 Å². The number of carbonyl (C=O) groups excluding carboxylic acids is 2. The van der Waals surface area contributed by atoms with E-state index in [9.17, 15) is 22.8 Å². The summed E-state index contributed by atoms with van der Waals surface area (Å²) in [5, 5.41) is 0. The molecule has 1 aliphatic heterocycles. The fourth-order valence-electron chi connectivity index (χ4n) is 4.26. The van der Waals surface area contributed by atoms with Crippen molar-refractivity contribution in [3.8, 4) is 0 Å². The zero-order valence-corrected chi connectivity index (χ0v) is 15.9. The second-order valence-electron chi connectivity index (χ2n) is 7.58. The van der Waals surface area contributed by atoms with Crippen LogP contribution < -0.4 is 4.90 Å². The number of hydrogen-bond acceptors (Lipinski definition) is 2. The van der Waals surface area contributed by atoms with Gasteiger partial charge >= 0.3 is 6.18 Å². The Balaban J connectivity index is 1.80. The number of allylic oxidation sites excluding steroid dienone is 2. The lowest BCUT2D eigenvalue weighted by molar-refractivity contribution is -0.137. The summed E-state index contributed by atoms with van der Waals surface area (Å²) in [4.78, 5) is 27.3. The molecular weight excluding hydrogens is 379 g/mol. The van der Waals surface area contributed by atoms with Crippen molar-refractivity contribution < 1.29 is 22.8 Å². The fourth-order valence-corrected chi connectivity index (χ4v) is 4.26. The molecule has 2 aromatic rings. The Bertz CT molecular complexity index is 1010. The quantitative estimate of drug-likeness (QED) is 0.665. The Labute approximate surface area is 166 Å². The van der Waals surface area contributed by atoms with Crippen LogP contribution in [0.25, 0.3) is 0 Å². The number of ketones is 1. The number of carbonyl (C=O) groups is 2. The topological polar surface area (TPSA) is 37.4 Å². The minimum Gasteiger partial charge on any atom is -0.294 e. The molecule has 0 bridgehead atoms. The molecule has 1 amide bonds. The van der Waals surface area contributed by atoms with Gasteiger partial charge in [-0.2, -0.15) is 13.2 Å². The van der Waals surface area contributed by atoms with Crippen LogP contribution in [0.4, 0.5) is 18.9 Å². The van der Waals surface area contributed by atoms with Crippen LogP contribution in [0.3, 0.4) is 0 Å². The molecule has 3 nitrogen and oxygen atoms in total. The molecule has 6 heteroatoms. The van der Waals surface area contributed by atoms with Gasteiger partial charge in [0.05, 0.1) is 5.56 Å². The molecule has 0 radical (unpaired) electrons. The first-order valence-corrected chi connectivity index (χ1v) is 9.59. The highest BCUT2D eigenvalue weighted by Gasteiger charge is 2.40. The monoisotopic (exact) mass is 399 g/mol. The standard InChI is InChI=1S/C23H20F3NO2/c1-14-4-2-5-15(12-14)18-13-21(29)27(19-6-3-7-20(28)22(18)19)17-10-8-16(9-11-17)23(24,25)26/h2,4-5,8-12,18H,3,6-7,13H2,1H3. The van der Waals surface area contributed by atoms with Crippen LogP contribution in [-0.4, -0.2) is 11.7 Å². The van der Waals surface area contributed by atoms with Gasteiger partial charge in [0.2, 0.25) is 5.91 Å². The van der Waals surface area contributed by atoms with Crippen LogP contribution >= 0.6 is 0 Å². The first kappa shape index (κ1) is 19.4. The number of hydrogen-bond donors (Lipinski definition) is 0. The molecule has 0 aromatic heterocycles. The second-order valence-corrected chi connectivity index (χ2v) is 7.58. The van der Waals surface area contributed by atoms with E-state index in [0.29, 0.717) is 36.2 Å². The Kier molecular flexibility index (Phi) is 4.81. The molecule has 0 saturated carbocycles. The van der Waals surface area contributed by atoms with Gasteiger partial charge in [-0.1, -0.05) is 29.8 Å². The van der Waals surface area contributed by atoms with Crippen molar-refractivity contribution >= 4 is 17.4 Å². The molecule has 4 rings (SSSR count). The molecule has 1 atom stereocenters. The van der Waals surface area contributed by atoms with Gasteiger partial charge in [0.25, 0.3) is 0 Å². The summed E-state index contributed by atoms with van der Waals surface area (Å²) in [6, 6.07) is 12.3. The first-order chi connectivity index (χ1) is 13.8. The molecule has 1 unspecified atom stereocenters. The maximum absolute atomic E-state index is 13.1. The zero-order chi connectivity index (χ0) is 20.8. The van der Waals surface area contributed by atoms with E-state index < -0.39 is 11.7 Å². The third kappa shape index (κ3) is 3.59. The lowest BCUT2D eigenvalue weighted by Gasteiger charge is -2.38. The molecule has 0 spiro atoms. The van der Waals surface area contributed by atoms with Gasteiger partial charge in [-0.3, -0.25) is 14.5 Å². The lowest BCUT2D eigenvalue weighted by atomic mass is 9.77. The number of halogens is 3. The van der Waals surface area contributed by atoms with Gasteiger partial charge in [-0.05, 0) is 49.6 Å². The van der Waals surface area contributed by atoms with E-state index in [4.69, 9.17) is 0 Å². The summed E-state index contributed by atoms with van der Waals surface area (Å²) in [6.45, 7) is 1.96. The number of aryl methyl sites for hydroxylation is 1. The third-order valence-corrected chi connectivity index (χ3v) is 5.57. The van der Waals surface area contributed by atoms with E-state index in [1.54, 1.807) is 0 Å². The van der Waals surface area contributed by atoms with E-state index >= 15 is 0 Å². The normalized spacial score (nSPS) is 20.1. The Morgan fingerprint density at radius 3 is 2.38 bits per heavy atom. The number of amides is 1. The summed E-state index contributed by atoms with van der Waals surface area (Å²) < 4.78 is 38.7. The number of rotatable bonds is 2. The second kappa shape index (κ2) is 7.17. The van der Waals surface area contributed by atoms with Crippen molar-refractivity contribution in [3.63, 3.8) is 0 Å². The summed E-state index contributed by atoms with van der Waals surface area (Å²) in [5.41, 5.74) is 2.83. The minimum atomic E-state index is -4.44. The highest BCUT2D eigenvalue weighted by atomic mass is 19.4. The van der Waals surface area contributed by atoms with E-state index in [1.807, 2.05) is 31.2 Å². The molecule has 1 heterocycles. The van der Waals surface area contributed by atoms with E-state index in [1.165, 1.54) is 17.0 Å². The van der Waals surface area contributed by atoms with Gasteiger partial charge in [0, 0.05) is 35.7 Å². The smallest absolute Gasteiger partial charge is 0.294 e. The van der Waals surface area contributed by atoms with E-state index in [2.05, 4.69) is 0 Å². The molecule has 2 aromatic carbocycles. The number of anilines is 1. The SMILES string of the molecule is Cc1cccc(C2CC(=O)N(c3ccc(C(F)(F)F)cc3)C3=C2C(=O)CCC3)c1. The van der Waals surface area contributed by atoms with Crippen molar-refractivity contribution in [1.29, 1.82) is 0 Å². The van der Waals surface area contributed by atoms with Crippen LogP contribution in [0, 0.1) is 6.92 Å². The van der Waals surface area contributed by atoms with Crippen molar-refractivity contribution in [2.75, 3.05) is 4.90 Å². The predicted molar refractivity (Wildman–Crippen MR) is 103 cm³/mol. The lowest BCUT2D eigenvalue weighted by Crippen LogP contribution is -2.40. The molecule has 29 heavy (non-hydrogen) atoms. The van der Waals surface area contributed by atoms with Crippen LogP contribution in [0.5, 0.6) is 0 Å². The largest absolute Gasteiger partial charge is 0.416 e. The van der Waals surface area contributed by atoms with E-state index in [-0.39, 0.29) is 24.0 Å². The van der Waals surface area contributed by atoms with Crippen LogP contribution in [0.1, 0.15) is 48.3 Å². The summed E-state index contributed by atoms with van der Waals surface area (Å²) in [5.74, 6) is -0.497. The van der Waals surface area contributed by atoms with Crippen molar-refractivity contribution in [3.05, 3.63) is 76.5 Å². The molecule has 0 saturated heterocycles. The highest BCUT2D eigenvalue weighted by molar-refractivity contribution is 6.07. The zero-order valence-electron chi connectivity index (χ0n) is 15.9. The van der Waals surface area contributed by atoms with Crippen LogP contribution in [0.2, 0.25) is 0 Å².